The van der Waals surface area contributed by atoms with E-state index in [1.165, 1.54) is 12.1 Å². The highest BCUT2D eigenvalue weighted by atomic mass is 79.9. The van der Waals surface area contributed by atoms with Crippen molar-refractivity contribution >= 4 is 32.7 Å². The molecule has 0 fully saturated rings. The van der Waals surface area contributed by atoms with Crippen LogP contribution < -0.4 is 0 Å². The topological polar surface area (TPSA) is 85.3 Å². The van der Waals surface area contributed by atoms with Crippen molar-refractivity contribution in [1.29, 1.82) is 0 Å². The third-order valence-corrected chi connectivity index (χ3v) is 5.10. The molecule has 1 unspecified atom stereocenters. The molecule has 2 aromatic rings. The van der Waals surface area contributed by atoms with Gasteiger partial charge in [-0.25, -0.2) is 4.79 Å². The Morgan fingerprint density at radius 3 is 2.71 bits per heavy atom. The van der Waals surface area contributed by atoms with E-state index >= 15 is 0 Å². The summed E-state index contributed by atoms with van der Waals surface area (Å²) in [7, 11) is -1.46. The Labute approximate surface area is 132 Å². The molecule has 0 spiro atoms. The minimum atomic E-state index is -1.46. The first kappa shape index (κ1) is 16.0. The number of hydrogen-bond acceptors (Lipinski definition) is 4. The van der Waals surface area contributed by atoms with Crippen LogP contribution >= 0.6 is 15.9 Å². The quantitative estimate of drug-likeness (QED) is 0.839. The zero-order chi connectivity index (χ0) is 15.6. The summed E-state index contributed by atoms with van der Waals surface area (Å²) in [5, 5.41) is 13.4. The molecule has 0 saturated carbocycles. The SMILES string of the molecule is CCc1nn(CC)c(CS(=O)c2ccc(C(=O)O)o2)c1Br. The summed E-state index contributed by atoms with van der Waals surface area (Å²) in [5.41, 5.74) is 1.73. The number of carbonyl (C=O) groups is 1. The molecule has 0 amide bonds. The lowest BCUT2D eigenvalue weighted by Gasteiger charge is -2.04. The highest BCUT2D eigenvalue weighted by molar-refractivity contribution is 9.10. The Morgan fingerprint density at radius 2 is 2.19 bits per heavy atom. The highest BCUT2D eigenvalue weighted by Gasteiger charge is 2.19. The van der Waals surface area contributed by atoms with Crippen molar-refractivity contribution in [3.63, 3.8) is 0 Å². The minimum Gasteiger partial charge on any atom is -0.475 e. The lowest BCUT2D eigenvalue weighted by atomic mass is 10.3. The predicted octanol–water partition coefficient (Wildman–Crippen LogP) is 2.83. The lowest BCUT2D eigenvalue weighted by molar-refractivity contribution is 0.0656. The number of hydrogen-bond donors (Lipinski definition) is 1. The van der Waals surface area contributed by atoms with Gasteiger partial charge in [-0.2, -0.15) is 5.10 Å². The first-order valence-electron chi connectivity index (χ1n) is 6.43. The maximum Gasteiger partial charge on any atom is 0.371 e. The van der Waals surface area contributed by atoms with Crippen molar-refractivity contribution < 1.29 is 18.5 Å². The number of furan rings is 1. The van der Waals surface area contributed by atoms with Gasteiger partial charge >= 0.3 is 5.97 Å². The van der Waals surface area contributed by atoms with Gasteiger partial charge in [-0.05, 0) is 41.4 Å². The number of rotatable bonds is 6. The Balaban J connectivity index is 2.26. The number of carboxylic acids is 1. The first-order valence-corrected chi connectivity index (χ1v) is 8.54. The van der Waals surface area contributed by atoms with Crippen molar-refractivity contribution in [2.45, 2.75) is 37.7 Å². The van der Waals surface area contributed by atoms with Crippen LogP contribution in [0.2, 0.25) is 0 Å². The van der Waals surface area contributed by atoms with Gasteiger partial charge in [0.15, 0.2) is 5.09 Å². The highest BCUT2D eigenvalue weighted by Crippen LogP contribution is 2.25. The van der Waals surface area contributed by atoms with Crippen LogP contribution in [0.5, 0.6) is 0 Å². The molecule has 0 saturated heterocycles. The van der Waals surface area contributed by atoms with Gasteiger partial charge in [0.05, 0.1) is 32.4 Å². The smallest absolute Gasteiger partial charge is 0.371 e. The second-order valence-corrected chi connectivity index (χ2v) is 6.47. The average molecular weight is 375 g/mol. The van der Waals surface area contributed by atoms with E-state index in [1.807, 2.05) is 13.8 Å². The Bertz CT molecular complexity index is 692. The maximum absolute atomic E-state index is 12.3. The molecule has 2 heterocycles. The molecular formula is C13H15BrN2O4S. The van der Waals surface area contributed by atoms with E-state index in [0.717, 1.165) is 22.3 Å². The van der Waals surface area contributed by atoms with E-state index in [9.17, 15) is 9.00 Å². The molecule has 2 rings (SSSR count). The summed E-state index contributed by atoms with van der Waals surface area (Å²) in [5.74, 6) is -1.17. The van der Waals surface area contributed by atoms with Gasteiger partial charge in [0, 0.05) is 6.54 Å². The molecule has 0 aliphatic rings. The van der Waals surface area contributed by atoms with Crippen LogP contribution in [0.4, 0.5) is 0 Å². The van der Waals surface area contributed by atoms with Crippen LogP contribution in [0, 0.1) is 0 Å². The zero-order valence-corrected chi connectivity index (χ0v) is 14.0. The average Bonchev–Trinajstić information content (AvgIpc) is 3.05. The van der Waals surface area contributed by atoms with Gasteiger partial charge < -0.3 is 9.52 Å². The van der Waals surface area contributed by atoms with Gasteiger partial charge in [0.25, 0.3) is 0 Å². The number of halogens is 1. The molecule has 0 aromatic carbocycles. The summed E-state index contributed by atoms with van der Waals surface area (Å²) in [6.07, 6.45) is 0.775. The monoisotopic (exact) mass is 374 g/mol. The standard InChI is InChI=1S/C13H15BrN2O4S/c1-3-8-12(14)9(16(4-2)15-8)7-21(19)11-6-5-10(20-11)13(17)18/h5-6H,3-4,7H2,1-2H3,(H,17,18). The van der Waals surface area contributed by atoms with Crippen molar-refractivity contribution in [2.75, 3.05) is 0 Å². The van der Waals surface area contributed by atoms with E-state index in [-0.39, 0.29) is 16.6 Å². The summed E-state index contributed by atoms with van der Waals surface area (Å²) >= 11 is 3.49. The fourth-order valence-electron chi connectivity index (χ4n) is 1.91. The van der Waals surface area contributed by atoms with Crippen LogP contribution in [0.3, 0.4) is 0 Å². The van der Waals surface area contributed by atoms with Gasteiger partial charge in [-0.15, -0.1) is 0 Å². The lowest BCUT2D eigenvalue weighted by Crippen LogP contribution is -2.06. The largest absolute Gasteiger partial charge is 0.475 e. The second-order valence-electron chi connectivity index (χ2n) is 4.29. The molecular weight excluding hydrogens is 360 g/mol. The van der Waals surface area contributed by atoms with Crippen molar-refractivity contribution in [1.82, 2.24) is 9.78 Å². The van der Waals surface area contributed by atoms with Crippen molar-refractivity contribution in [3.8, 4) is 0 Å². The van der Waals surface area contributed by atoms with E-state index in [1.54, 1.807) is 4.68 Å². The van der Waals surface area contributed by atoms with Crippen LogP contribution in [0.25, 0.3) is 0 Å². The van der Waals surface area contributed by atoms with Crippen molar-refractivity contribution in [2.24, 2.45) is 0 Å². The van der Waals surface area contributed by atoms with E-state index in [0.29, 0.717) is 6.54 Å². The normalized spacial score (nSPS) is 12.5. The van der Waals surface area contributed by atoms with E-state index in [2.05, 4.69) is 21.0 Å². The number of nitrogens with zero attached hydrogens (tertiary/aromatic N) is 2. The molecule has 21 heavy (non-hydrogen) atoms. The molecule has 0 aliphatic heterocycles. The van der Waals surface area contributed by atoms with Gasteiger partial charge in [0.1, 0.15) is 0 Å². The summed E-state index contributed by atoms with van der Waals surface area (Å²) in [6.45, 7) is 4.63. The molecule has 1 N–H and O–H groups in total. The second kappa shape index (κ2) is 6.57. The number of aryl methyl sites for hydroxylation is 2. The zero-order valence-electron chi connectivity index (χ0n) is 11.6. The molecule has 0 aliphatic carbocycles. The third-order valence-electron chi connectivity index (χ3n) is 2.98. The minimum absolute atomic E-state index is 0.154. The van der Waals surface area contributed by atoms with Crippen molar-refractivity contribution in [3.05, 3.63) is 33.8 Å². The fourth-order valence-corrected chi connectivity index (χ4v) is 3.88. The van der Waals surface area contributed by atoms with Gasteiger partial charge in [-0.3, -0.25) is 8.89 Å². The maximum atomic E-state index is 12.3. The Kier molecular flexibility index (Phi) is 5.00. The molecule has 6 nitrogen and oxygen atoms in total. The van der Waals surface area contributed by atoms with Crippen LogP contribution in [0.15, 0.2) is 26.1 Å². The van der Waals surface area contributed by atoms with Crippen LogP contribution in [0.1, 0.15) is 35.8 Å². The number of aromatic nitrogens is 2. The van der Waals surface area contributed by atoms with E-state index < -0.39 is 16.8 Å². The van der Waals surface area contributed by atoms with Crippen LogP contribution in [-0.4, -0.2) is 25.1 Å². The molecule has 2 aromatic heterocycles. The molecule has 1 atom stereocenters. The number of carboxylic acid groups (broad SMARTS) is 1. The summed E-state index contributed by atoms with van der Waals surface area (Å²) in [6, 6.07) is 2.74. The summed E-state index contributed by atoms with van der Waals surface area (Å²) < 4.78 is 20.1. The fraction of sp³-hybridized carbons (Fsp3) is 0.385. The summed E-state index contributed by atoms with van der Waals surface area (Å²) in [4.78, 5) is 10.8. The molecule has 0 radical (unpaired) electrons. The first-order chi connectivity index (χ1) is 9.97. The number of aromatic carboxylic acids is 1. The molecule has 114 valence electrons. The molecule has 0 bridgehead atoms. The van der Waals surface area contributed by atoms with Crippen LogP contribution in [-0.2, 0) is 29.5 Å². The third kappa shape index (κ3) is 3.26. The Hall–Kier alpha value is -1.41. The molecule has 8 heteroatoms. The Morgan fingerprint density at radius 1 is 1.48 bits per heavy atom. The van der Waals surface area contributed by atoms with Gasteiger partial charge in [0.2, 0.25) is 5.76 Å². The predicted molar refractivity (Wildman–Crippen MR) is 80.8 cm³/mol. The van der Waals surface area contributed by atoms with Gasteiger partial charge in [-0.1, -0.05) is 6.92 Å². The van der Waals surface area contributed by atoms with E-state index in [4.69, 9.17) is 9.52 Å².